The van der Waals surface area contributed by atoms with Crippen LogP contribution >= 0.6 is 54.3 Å². The van der Waals surface area contributed by atoms with Crippen LogP contribution in [0.3, 0.4) is 0 Å². The van der Waals surface area contributed by atoms with Gasteiger partial charge < -0.3 is 42.9 Å². The Hall–Kier alpha value is -12.2. The summed E-state index contributed by atoms with van der Waals surface area (Å²) in [5.74, 6) is 0.285. The first-order chi connectivity index (χ1) is 69.3. The molecule has 0 bridgehead atoms. The molecule has 0 saturated carbocycles. The van der Waals surface area contributed by atoms with E-state index in [4.69, 9.17) is 61.5 Å². The Bertz CT molecular complexity index is 6740. The fourth-order valence-corrected chi connectivity index (χ4v) is 20.2. The second-order valence-electron chi connectivity index (χ2n) is 36.4. The van der Waals surface area contributed by atoms with E-state index in [-0.39, 0.29) is 72.3 Å². The number of amides is 1. The number of rotatable bonds is 36. The minimum Gasteiger partial charge on any atom is -0.369 e. The molecule has 3 saturated heterocycles. The van der Waals surface area contributed by atoms with Crippen molar-refractivity contribution in [3.8, 4) is 0 Å². The molecule has 13 atom stereocenters. The number of H-pyrrole nitrogens is 2. The van der Waals surface area contributed by atoms with Gasteiger partial charge in [0.1, 0.15) is 30.2 Å². The van der Waals surface area contributed by atoms with E-state index in [1.54, 1.807) is 102 Å². The Balaban J connectivity index is 0.000000155. The number of ether oxygens (including phenoxy) is 3. The molecule has 14 aromatic rings. The molecular weight excluding hydrogens is 1950 g/mol. The van der Waals surface area contributed by atoms with Crippen LogP contribution in [-0.2, 0) is 62.9 Å². The highest BCUT2D eigenvalue weighted by molar-refractivity contribution is 7.84. The van der Waals surface area contributed by atoms with Gasteiger partial charge in [0.15, 0.2) is 28.5 Å². The van der Waals surface area contributed by atoms with E-state index >= 15 is 0 Å². The maximum absolute atomic E-state index is 13.1. The number of imidazole rings is 3. The van der Waals surface area contributed by atoms with Crippen molar-refractivity contribution < 1.29 is 46.3 Å². The average molecular weight is 2070 g/mol. The lowest BCUT2D eigenvalue weighted by Gasteiger charge is -2.40. The van der Waals surface area contributed by atoms with E-state index < -0.39 is 97.6 Å². The monoisotopic (exact) mass is 2070 g/mol. The standard InChI is InChI=1S/C35H39ClN7O5P.C34H38ClN8O4P.C34H40ClN8O3P/c1-23(2)32(44)39-34-38-31-30(33(45)40-34)37-22-43(31)29-20-27(28(48-29)21-47-49(36,46)42(3)4)41-35(24-14-8-5-9-15-24,25-16-10-6-11-17-25)26-18-12-7-13-19-26;1-41(2)22-37-33-38-31-30(32(44)39-33)36-23-43(31)29-20-27(28(47-29)21-46-48(35,45)42(3)4)40-34(24-14-8-5-9-15-24,25-16-10-6-11-17-25)26-18-12-7-13-19-26;1-41(2)23-39-32-31-33(37-22-36-32)43(24-38-31)30-20-28(29(46-30)21-45-47(35,44)42(3)4)40-34(25-14-8-5-9-15-25,26-16-10-6-11-17-26)27-18-12-7-13-19-27/h5-19,22-23,27-29,41H,20-21H2,1-4H3,(H2,38,39,40,44,45);5-19,22-23,27-29,40H,20-21H2,1-4H3,(H,38,39,44);5-19,22-24,28-30,32,40H,20-21H2,1-4H3,(H,36,37). The van der Waals surface area contributed by atoms with E-state index in [1.165, 1.54) is 20.3 Å². The Kier molecular flexibility index (Phi) is 33.5. The largest absolute Gasteiger partial charge is 0.369 e. The number of hydrogen-bond acceptors (Lipinski definition) is 24. The third kappa shape index (κ3) is 23.4. The van der Waals surface area contributed by atoms with Crippen LogP contribution in [0, 0.1) is 5.92 Å². The minimum atomic E-state index is -3.64. The van der Waals surface area contributed by atoms with E-state index in [0.29, 0.717) is 30.6 Å². The molecule has 7 N–H and O–H groups in total. The number of anilines is 2. The van der Waals surface area contributed by atoms with Crippen LogP contribution in [0.15, 0.2) is 317 Å². The summed E-state index contributed by atoms with van der Waals surface area (Å²) in [5, 5.41) is 17.9. The summed E-state index contributed by atoms with van der Waals surface area (Å²) in [6.07, 6.45) is 7.03. The van der Waals surface area contributed by atoms with Crippen LogP contribution in [0.1, 0.15) is 114 Å². The Morgan fingerprint density at radius 3 is 1.05 bits per heavy atom. The summed E-state index contributed by atoms with van der Waals surface area (Å²) in [5.41, 5.74) is 7.43. The van der Waals surface area contributed by atoms with Crippen LogP contribution < -0.4 is 37.7 Å². The molecule has 41 heteroatoms. The lowest BCUT2D eigenvalue weighted by Crippen LogP contribution is -2.53. The zero-order valence-electron chi connectivity index (χ0n) is 81.6. The van der Waals surface area contributed by atoms with Crippen molar-refractivity contribution >= 4 is 119 Å². The second-order valence-corrected chi connectivity index (χ2v) is 46.1. The quantitative estimate of drug-likeness (QED) is 0.00830. The molecule has 752 valence electrons. The Morgan fingerprint density at radius 2 is 0.743 bits per heavy atom. The van der Waals surface area contributed by atoms with Crippen LogP contribution in [0.4, 0.5) is 17.7 Å². The number of aromatic nitrogens is 10. The number of hydrogen-bond donors (Lipinski definition) is 7. The second kappa shape index (κ2) is 46.1. The average Bonchev–Trinajstić information content (AvgIpc) is 1.42. The Labute approximate surface area is 849 Å². The van der Waals surface area contributed by atoms with Gasteiger partial charge in [-0.15, -0.1) is 0 Å². The third-order valence-corrected chi connectivity index (χ3v) is 33.2. The smallest absolute Gasteiger partial charge is 0.362 e. The van der Waals surface area contributed by atoms with Crippen molar-refractivity contribution in [2.45, 2.75) is 111 Å². The molecule has 4 aliphatic heterocycles. The summed E-state index contributed by atoms with van der Waals surface area (Å²) in [7, 11) is 17.1. The van der Waals surface area contributed by atoms with E-state index in [0.717, 1.165) is 55.9 Å². The van der Waals surface area contributed by atoms with Crippen LogP contribution in [0.2, 0.25) is 0 Å². The van der Waals surface area contributed by atoms with Gasteiger partial charge in [0.05, 0.1) is 92.7 Å². The van der Waals surface area contributed by atoms with E-state index in [9.17, 15) is 28.1 Å². The lowest BCUT2D eigenvalue weighted by atomic mass is 9.76. The molecule has 0 aliphatic carbocycles. The molecule has 0 radical (unpaired) electrons. The van der Waals surface area contributed by atoms with Gasteiger partial charge in [-0.05, 0) is 126 Å². The fourth-order valence-electron chi connectivity index (χ4n) is 18.0. The van der Waals surface area contributed by atoms with Crippen LogP contribution in [0.5, 0.6) is 0 Å². The number of halogens is 3. The number of nitrogens with zero attached hydrogens (tertiary/aromatic N) is 16. The van der Waals surface area contributed by atoms with Gasteiger partial charge in [-0.2, -0.15) is 9.97 Å². The van der Waals surface area contributed by atoms with Crippen molar-refractivity contribution in [1.82, 2.24) is 88.4 Å². The summed E-state index contributed by atoms with van der Waals surface area (Å²) >= 11 is 19.0. The predicted octanol–water partition coefficient (Wildman–Crippen LogP) is 17.5. The fraction of sp³-hybridized carbons (Fsp3) is 0.311. The first-order valence-electron chi connectivity index (χ1n) is 46.9. The highest BCUT2D eigenvalue weighted by Crippen LogP contribution is 2.58. The van der Waals surface area contributed by atoms with Gasteiger partial charge in [-0.25, -0.2) is 43.9 Å². The van der Waals surface area contributed by atoms with Gasteiger partial charge in [0.25, 0.3) is 11.1 Å². The normalized spacial score (nSPS) is 20.4. The zero-order valence-corrected chi connectivity index (χ0v) is 86.5. The van der Waals surface area contributed by atoms with Crippen molar-refractivity contribution in [2.24, 2.45) is 20.9 Å². The van der Waals surface area contributed by atoms with Gasteiger partial charge in [-0.1, -0.05) is 287 Å². The van der Waals surface area contributed by atoms with Crippen molar-refractivity contribution in [3.63, 3.8) is 0 Å². The summed E-state index contributed by atoms with van der Waals surface area (Å²) < 4.78 is 86.5. The molecule has 1 amide bonds. The number of benzene rings is 9. The first-order valence-corrected chi connectivity index (χ1v) is 54.4. The lowest BCUT2D eigenvalue weighted by molar-refractivity contribution is -0.118. The molecule has 13 unspecified atom stereocenters. The van der Waals surface area contributed by atoms with Crippen molar-refractivity contribution in [2.75, 3.05) is 101 Å². The third-order valence-electron chi connectivity index (χ3n) is 25.3. The minimum absolute atomic E-state index is 0.00308. The topological polar surface area (TPSA) is 382 Å². The maximum Gasteiger partial charge on any atom is 0.362 e. The SMILES string of the molecule is CC(C)C(=O)Nc1nc2c(ncn2C2CC(NC(c3ccccc3)(c3ccccc3)c3ccccc3)C(COP(=O)(Cl)N(C)C)O2)c(=O)[nH]1.CN(C)C=NC1N=CNc2c1ncn2C1CC(NC(c2ccccc2)(c2ccccc2)c2ccccc2)C(COP(=O)(Cl)N(C)C)O1.CN(C)C=Nc1nc2c(ncn2C2CC(NC(c3ccccc3)(c3ccccc3)c3ccccc3)C(COP(=O)(Cl)N(C)C)O2)c(=O)[nH]1. The molecule has 9 heterocycles. The first kappa shape index (κ1) is 105. The summed E-state index contributed by atoms with van der Waals surface area (Å²) in [4.78, 5) is 83.1. The number of carbonyl (C=O) groups excluding carboxylic acids is 1. The molecule has 3 fully saturated rings. The molecule has 5 aromatic heterocycles. The van der Waals surface area contributed by atoms with Crippen LogP contribution in [-0.4, -0.2) is 224 Å². The zero-order chi connectivity index (χ0) is 102. The van der Waals surface area contributed by atoms with Crippen molar-refractivity contribution in [1.29, 1.82) is 0 Å². The molecule has 4 aliphatic rings. The molecule has 0 spiro atoms. The number of nitrogens with one attached hydrogen (secondary N) is 7. The maximum atomic E-state index is 13.1. The van der Waals surface area contributed by atoms with E-state index in [2.05, 4.69) is 186 Å². The van der Waals surface area contributed by atoms with Gasteiger partial charge in [0.2, 0.25) is 17.8 Å². The van der Waals surface area contributed by atoms with E-state index in [1.807, 2.05) is 201 Å². The molecule has 18 rings (SSSR count). The summed E-state index contributed by atoms with van der Waals surface area (Å²) in [6, 6.07) is 91.2. The summed E-state index contributed by atoms with van der Waals surface area (Å²) in [6.45, 7) is -7.50. The number of carbonyl (C=O) groups is 1. The molecular formula is C103H117Cl3N23O12P3. The predicted molar refractivity (Wildman–Crippen MR) is 564 cm³/mol. The number of aliphatic imine (C=N–C) groups is 3. The highest BCUT2D eigenvalue weighted by atomic mass is 35.7. The molecule has 9 aromatic carbocycles. The van der Waals surface area contributed by atoms with Gasteiger partial charge >= 0.3 is 20.6 Å². The molecule has 144 heavy (non-hydrogen) atoms. The Morgan fingerprint density at radius 1 is 0.444 bits per heavy atom. The van der Waals surface area contributed by atoms with Crippen molar-refractivity contribution in [3.05, 3.63) is 368 Å². The number of fused-ring (bicyclic) bond motifs is 3. The van der Waals surface area contributed by atoms with Gasteiger partial charge in [-0.3, -0.25) is 73.0 Å². The van der Waals surface area contributed by atoms with Gasteiger partial charge in [0, 0.05) is 71.5 Å². The number of aromatic amines is 2. The molecule has 35 nitrogen and oxygen atoms in total. The van der Waals surface area contributed by atoms with Crippen LogP contribution in [0.25, 0.3) is 22.3 Å². The highest BCUT2D eigenvalue weighted by Gasteiger charge is 2.51.